The molecule has 0 saturated carbocycles. The van der Waals surface area contributed by atoms with Crippen LogP contribution in [0.3, 0.4) is 0 Å². The van der Waals surface area contributed by atoms with Gasteiger partial charge in [0.05, 0.1) is 9.80 Å². The van der Waals surface area contributed by atoms with Crippen molar-refractivity contribution < 1.29 is 18.0 Å². The monoisotopic (exact) mass is 394 g/mol. The summed E-state index contributed by atoms with van der Waals surface area (Å²) in [6.07, 6.45) is 1.52. The summed E-state index contributed by atoms with van der Waals surface area (Å²) in [6, 6.07) is 12.2. The summed E-state index contributed by atoms with van der Waals surface area (Å²) < 4.78 is 27.2. The molecule has 0 aliphatic carbocycles. The lowest BCUT2D eigenvalue weighted by Gasteiger charge is -2.08. The molecular formula is C16H11ClN2O4S2. The number of halogens is 1. The number of thioether (sulfide) groups is 1. The van der Waals surface area contributed by atoms with Crippen LogP contribution >= 0.6 is 23.4 Å². The highest BCUT2D eigenvalue weighted by molar-refractivity contribution is 8.18. The van der Waals surface area contributed by atoms with Crippen molar-refractivity contribution >= 4 is 56.3 Å². The molecule has 2 aromatic carbocycles. The standard InChI is InChI=1S/C16H11ClN2O4S2/c17-11-3-5-12(6-4-11)19-25(22,23)13-7-1-10(2-8-13)9-14-15(20)18-16(21)24-14/h1-9,19H,(H,18,20,21)/b14-9+. The van der Waals surface area contributed by atoms with Gasteiger partial charge in [-0.05, 0) is 59.8 Å². The number of amides is 2. The minimum absolute atomic E-state index is 0.0733. The quantitative estimate of drug-likeness (QED) is 0.774. The Bertz CT molecular complexity index is 968. The highest BCUT2D eigenvalue weighted by Gasteiger charge is 2.25. The van der Waals surface area contributed by atoms with E-state index in [9.17, 15) is 18.0 Å². The second-order valence-electron chi connectivity index (χ2n) is 5.03. The summed E-state index contributed by atoms with van der Waals surface area (Å²) in [5, 5.41) is 2.23. The average Bonchev–Trinajstić information content (AvgIpc) is 2.87. The number of nitrogens with one attached hydrogen (secondary N) is 2. The zero-order valence-electron chi connectivity index (χ0n) is 12.5. The van der Waals surface area contributed by atoms with Gasteiger partial charge in [0.25, 0.3) is 21.2 Å². The Morgan fingerprint density at radius 3 is 2.20 bits per heavy atom. The van der Waals surface area contributed by atoms with E-state index in [-0.39, 0.29) is 9.80 Å². The molecule has 1 fully saturated rings. The summed E-state index contributed by atoms with van der Waals surface area (Å²) in [5.74, 6) is -0.462. The van der Waals surface area contributed by atoms with E-state index in [1.54, 1.807) is 36.4 Å². The van der Waals surface area contributed by atoms with Crippen molar-refractivity contribution in [2.75, 3.05) is 4.72 Å². The van der Waals surface area contributed by atoms with Crippen LogP contribution in [-0.4, -0.2) is 19.6 Å². The van der Waals surface area contributed by atoms with Gasteiger partial charge in [0.2, 0.25) is 0 Å². The van der Waals surface area contributed by atoms with E-state index in [0.29, 0.717) is 16.3 Å². The first-order chi connectivity index (χ1) is 11.8. The molecule has 2 aromatic rings. The molecule has 2 N–H and O–H groups in total. The maximum Gasteiger partial charge on any atom is 0.290 e. The Morgan fingerprint density at radius 1 is 1.00 bits per heavy atom. The fourth-order valence-electron chi connectivity index (χ4n) is 2.05. The molecule has 1 aliphatic rings. The van der Waals surface area contributed by atoms with Crippen LogP contribution in [0.15, 0.2) is 58.3 Å². The van der Waals surface area contributed by atoms with Gasteiger partial charge in [-0.25, -0.2) is 8.42 Å². The van der Waals surface area contributed by atoms with Crippen molar-refractivity contribution in [1.82, 2.24) is 5.32 Å². The Balaban J connectivity index is 1.79. The minimum Gasteiger partial charge on any atom is -0.282 e. The van der Waals surface area contributed by atoms with Crippen molar-refractivity contribution in [3.8, 4) is 0 Å². The molecule has 6 nitrogen and oxygen atoms in total. The fraction of sp³-hybridized carbons (Fsp3) is 0. The van der Waals surface area contributed by atoms with E-state index in [4.69, 9.17) is 11.6 Å². The van der Waals surface area contributed by atoms with Gasteiger partial charge < -0.3 is 0 Å². The normalized spacial score (nSPS) is 16.1. The van der Waals surface area contributed by atoms with Crippen molar-refractivity contribution in [3.63, 3.8) is 0 Å². The first-order valence-corrected chi connectivity index (χ1v) is 9.64. The van der Waals surface area contributed by atoms with E-state index < -0.39 is 21.2 Å². The zero-order chi connectivity index (χ0) is 18.0. The van der Waals surface area contributed by atoms with Crippen LogP contribution < -0.4 is 10.0 Å². The van der Waals surface area contributed by atoms with E-state index in [2.05, 4.69) is 10.0 Å². The predicted octanol–water partition coefficient (Wildman–Crippen LogP) is 3.46. The van der Waals surface area contributed by atoms with Crippen LogP contribution in [0, 0.1) is 0 Å². The third-order valence-corrected chi connectivity index (χ3v) is 5.69. The number of benzene rings is 2. The number of hydrogen-bond donors (Lipinski definition) is 2. The molecule has 3 rings (SSSR count). The van der Waals surface area contributed by atoms with Crippen molar-refractivity contribution in [1.29, 1.82) is 0 Å². The number of carbonyl (C=O) groups excluding carboxylic acids is 2. The summed E-state index contributed by atoms with van der Waals surface area (Å²) in [6.45, 7) is 0. The van der Waals surface area contributed by atoms with Crippen LogP contribution in [0.4, 0.5) is 10.5 Å². The maximum absolute atomic E-state index is 12.4. The van der Waals surface area contributed by atoms with Gasteiger partial charge in [0, 0.05) is 10.7 Å². The van der Waals surface area contributed by atoms with E-state index in [1.807, 2.05) is 0 Å². The summed E-state index contributed by atoms with van der Waals surface area (Å²) in [5.41, 5.74) is 1.01. The molecule has 0 bridgehead atoms. The molecule has 25 heavy (non-hydrogen) atoms. The molecule has 1 aliphatic heterocycles. The molecule has 1 saturated heterocycles. The SMILES string of the molecule is O=C1NC(=O)/C(=C\c2ccc(S(=O)(=O)Nc3ccc(Cl)cc3)cc2)S1. The lowest BCUT2D eigenvalue weighted by Crippen LogP contribution is -2.17. The van der Waals surface area contributed by atoms with Crippen LogP contribution in [0.2, 0.25) is 5.02 Å². The van der Waals surface area contributed by atoms with Gasteiger partial charge in [0.15, 0.2) is 0 Å². The number of hydrogen-bond acceptors (Lipinski definition) is 5. The van der Waals surface area contributed by atoms with Gasteiger partial charge in [-0.2, -0.15) is 0 Å². The number of rotatable bonds is 4. The molecule has 0 unspecified atom stereocenters. The van der Waals surface area contributed by atoms with Crippen molar-refractivity contribution in [2.45, 2.75) is 4.90 Å². The van der Waals surface area contributed by atoms with Gasteiger partial charge in [0.1, 0.15) is 0 Å². The summed E-state index contributed by atoms with van der Waals surface area (Å²) >= 11 is 6.57. The van der Waals surface area contributed by atoms with Gasteiger partial charge in [-0.15, -0.1) is 0 Å². The van der Waals surface area contributed by atoms with Gasteiger partial charge in [-0.3, -0.25) is 19.6 Å². The lowest BCUT2D eigenvalue weighted by atomic mass is 10.2. The Kier molecular flexibility index (Phi) is 4.85. The molecular weight excluding hydrogens is 384 g/mol. The molecule has 9 heteroatoms. The molecule has 2 amide bonds. The Labute approximate surface area is 153 Å². The van der Waals surface area contributed by atoms with Gasteiger partial charge in [-0.1, -0.05) is 23.7 Å². The molecule has 0 aromatic heterocycles. The summed E-state index contributed by atoms with van der Waals surface area (Å²) in [7, 11) is -3.74. The maximum atomic E-state index is 12.4. The largest absolute Gasteiger partial charge is 0.290 e. The highest BCUT2D eigenvalue weighted by Crippen LogP contribution is 2.26. The van der Waals surface area contributed by atoms with Gasteiger partial charge >= 0.3 is 0 Å². The molecule has 0 atom stereocenters. The molecule has 128 valence electrons. The van der Waals surface area contributed by atoms with Crippen LogP contribution in [0.5, 0.6) is 0 Å². The first-order valence-electron chi connectivity index (χ1n) is 6.97. The Morgan fingerprint density at radius 2 is 1.64 bits per heavy atom. The van der Waals surface area contributed by atoms with E-state index >= 15 is 0 Å². The molecule has 0 spiro atoms. The van der Waals surface area contributed by atoms with Crippen molar-refractivity contribution in [3.05, 3.63) is 64.0 Å². The van der Waals surface area contributed by atoms with Crippen molar-refractivity contribution in [2.24, 2.45) is 0 Å². The van der Waals surface area contributed by atoms with E-state index in [1.165, 1.54) is 18.2 Å². The minimum atomic E-state index is -3.74. The topological polar surface area (TPSA) is 92.3 Å². The lowest BCUT2D eigenvalue weighted by molar-refractivity contribution is -0.115. The number of imide groups is 1. The number of anilines is 1. The molecule has 1 heterocycles. The second-order valence-corrected chi connectivity index (χ2v) is 8.17. The summed E-state index contributed by atoms with van der Waals surface area (Å²) in [4.78, 5) is 23.0. The smallest absolute Gasteiger partial charge is 0.282 e. The molecule has 0 radical (unpaired) electrons. The second kappa shape index (κ2) is 6.91. The third-order valence-electron chi connectivity index (χ3n) is 3.23. The fourth-order valence-corrected chi connectivity index (χ4v) is 3.91. The van der Waals surface area contributed by atoms with Crippen LogP contribution in [0.25, 0.3) is 6.08 Å². The Hall–Kier alpha value is -2.29. The number of carbonyl (C=O) groups is 2. The zero-order valence-corrected chi connectivity index (χ0v) is 14.9. The highest BCUT2D eigenvalue weighted by atomic mass is 35.5. The third kappa shape index (κ3) is 4.22. The van der Waals surface area contributed by atoms with E-state index in [0.717, 1.165) is 11.8 Å². The average molecular weight is 395 g/mol. The number of sulfonamides is 1. The van der Waals surface area contributed by atoms with Crippen LogP contribution in [-0.2, 0) is 14.8 Å². The predicted molar refractivity (Wildman–Crippen MR) is 97.8 cm³/mol. The first kappa shape index (κ1) is 17.5. The van der Waals surface area contributed by atoms with Crippen LogP contribution in [0.1, 0.15) is 5.56 Å².